The third-order valence-corrected chi connectivity index (χ3v) is 4.50. The first-order valence-corrected chi connectivity index (χ1v) is 7.69. The van der Waals surface area contributed by atoms with Gasteiger partial charge in [0, 0.05) is 32.2 Å². The summed E-state index contributed by atoms with van der Waals surface area (Å²) in [6.45, 7) is 11.5. The summed E-state index contributed by atoms with van der Waals surface area (Å²) in [5.41, 5.74) is 0. The molecule has 0 aliphatic carbocycles. The maximum absolute atomic E-state index is 11.4. The van der Waals surface area contributed by atoms with Gasteiger partial charge in [-0.15, -0.1) is 0 Å². The molecule has 0 aromatic carbocycles. The standard InChI is InChI=1S/C14H28N4O/c1-3-15-12(2)13-4-7-17(8-5-13)10-11-18-9-6-16-14(18)19/h12-13,15H,3-11H2,1-2H3,(H,16,19). The van der Waals surface area contributed by atoms with E-state index in [0.717, 1.165) is 38.6 Å². The number of hydrogen-bond acceptors (Lipinski definition) is 3. The fourth-order valence-corrected chi connectivity index (χ4v) is 3.15. The molecule has 0 aromatic rings. The topological polar surface area (TPSA) is 47.6 Å². The predicted octanol–water partition coefficient (Wildman–Crippen LogP) is 0.722. The monoisotopic (exact) mass is 268 g/mol. The zero-order chi connectivity index (χ0) is 13.7. The number of hydrogen-bond donors (Lipinski definition) is 2. The fraction of sp³-hybridized carbons (Fsp3) is 0.929. The molecule has 2 aliphatic rings. The molecule has 2 amide bonds. The van der Waals surface area contributed by atoms with Crippen molar-refractivity contribution in [2.75, 3.05) is 45.8 Å². The molecule has 2 rings (SSSR count). The van der Waals surface area contributed by atoms with Gasteiger partial charge in [-0.25, -0.2) is 4.79 Å². The van der Waals surface area contributed by atoms with Gasteiger partial charge in [-0.05, 0) is 45.3 Å². The third-order valence-electron chi connectivity index (χ3n) is 4.50. The normalized spacial score (nSPS) is 23.7. The van der Waals surface area contributed by atoms with Gasteiger partial charge >= 0.3 is 6.03 Å². The number of urea groups is 1. The van der Waals surface area contributed by atoms with Crippen LogP contribution in [-0.2, 0) is 0 Å². The second-order valence-corrected chi connectivity index (χ2v) is 5.74. The van der Waals surface area contributed by atoms with Crippen LogP contribution in [0, 0.1) is 5.92 Å². The van der Waals surface area contributed by atoms with Crippen molar-refractivity contribution in [2.45, 2.75) is 32.7 Å². The lowest BCUT2D eigenvalue weighted by molar-refractivity contribution is 0.150. The van der Waals surface area contributed by atoms with Crippen molar-refractivity contribution in [3.05, 3.63) is 0 Å². The fourth-order valence-electron chi connectivity index (χ4n) is 3.15. The average molecular weight is 268 g/mol. The first-order valence-electron chi connectivity index (χ1n) is 7.69. The summed E-state index contributed by atoms with van der Waals surface area (Å²) in [7, 11) is 0. The minimum atomic E-state index is 0.107. The van der Waals surface area contributed by atoms with Crippen LogP contribution in [0.4, 0.5) is 4.79 Å². The summed E-state index contributed by atoms with van der Waals surface area (Å²) in [6, 6.07) is 0.743. The van der Waals surface area contributed by atoms with Gasteiger partial charge in [-0.1, -0.05) is 6.92 Å². The van der Waals surface area contributed by atoms with Crippen LogP contribution in [0.25, 0.3) is 0 Å². The first-order chi connectivity index (χ1) is 9.20. The molecule has 19 heavy (non-hydrogen) atoms. The van der Waals surface area contributed by atoms with Crippen molar-refractivity contribution >= 4 is 6.03 Å². The van der Waals surface area contributed by atoms with Crippen molar-refractivity contribution in [1.29, 1.82) is 0 Å². The number of rotatable bonds is 6. The van der Waals surface area contributed by atoms with E-state index >= 15 is 0 Å². The van der Waals surface area contributed by atoms with Crippen molar-refractivity contribution in [3.63, 3.8) is 0 Å². The van der Waals surface area contributed by atoms with Gasteiger partial charge in [-0.2, -0.15) is 0 Å². The van der Waals surface area contributed by atoms with Gasteiger partial charge in [0.05, 0.1) is 0 Å². The van der Waals surface area contributed by atoms with E-state index in [1.807, 2.05) is 4.90 Å². The minimum Gasteiger partial charge on any atom is -0.336 e. The zero-order valence-corrected chi connectivity index (χ0v) is 12.3. The third kappa shape index (κ3) is 4.08. The van der Waals surface area contributed by atoms with E-state index in [1.54, 1.807) is 0 Å². The van der Waals surface area contributed by atoms with Crippen LogP contribution in [0.2, 0.25) is 0 Å². The van der Waals surface area contributed by atoms with Crippen molar-refractivity contribution in [3.8, 4) is 0 Å². The Hall–Kier alpha value is -0.810. The number of amides is 2. The lowest BCUT2D eigenvalue weighted by Crippen LogP contribution is -2.44. The Morgan fingerprint density at radius 3 is 2.63 bits per heavy atom. The molecule has 5 heteroatoms. The van der Waals surface area contributed by atoms with Crippen LogP contribution in [-0.4, -0.2) is 67.7 Å². The highest BCUT2D eigenvalue weighted by Gasteiger charge is 2.25. The molecule has 2 fully saturated rings. The molecule has 0 aromatic heterocycles. The van der Waals surface area contributed by atoms with Gasteiger partial charge in [-0.3, -0.25) is 0 Å². The molecular formula is C14H28N4O. The van der Waals surface area contributed by atoms with Crippen LogP contribution < -0.4 is 10.6 Å². The van der Waals surface area contributed by atoms with Crippen LogP contribution in [0.15, 0.2) is 0 Å². The molecule has 2 heterocycles. The maximum atomic E-state index is 11.4. The van der Waals surface area contributed by atoms with Crippen LogP contribution >= 0.6 is 0 Å². The molecule has 5 nitrogen and oxygen atoms in total. The Labute approximate surface area is 116 Å². The molecular weight excluding hydrogens is 240 g/mol. The molecule has 0 bridgehead atoms. The van der Waals surface area contributed by atoms with Gasteiger partial charge in [0.2, 0.25) is 0 Å². The van der Waals surface area contributed by atoms with Gasteiger partial charge < -0.3 is 20.4 Å². The van der Waals surface area contributed by atoms with E-state index in [4.69, 9.17) is 0 Å². The van der Waals surface area contributed by atoms with Gasteiger partial charge in [0.25, 0.3) is 0 Å². The van der Waals surface area contributed by atoms with E-state index in [2.05, 4.69) is 29.4 Å². The van der Waals surface area contributed by atoms with E-state index in [1.165, 1.54) is 25.9 Å². The first kappa shape index (κ1) is 14.6. The van der Waals surface area contributed by atoms with Gasteiger partial charge in [0.15, 0.2) is 0 Å². The largest absolute Gasteiger partial charge is 0.336 e. The maximum Gasteiger partial charge on any atom is 0.317 e. The number of likely N-dealkylation sites (tertiary alicyclic amines) is 1. The summed E-state index contributed by atoms with van der Waals surface area (Å²) in [5.74, 6) is 0.811. The van der Waals surface area contributed by atoms with E-state index < -0.39 is 0 Å². The smallest absolute Gasteiger partial charge is 0.317 e. The highest BCUT2D eigenvalue weighted by atomic mass is 16.2. The Kier molecular flexibility index (Phi) is 5.45. The number of piperidine rings is 1. The highest BCUT2D eigenvalue weighted by molar-refractivity contribution is 5.76. The van der Waals surface area contributed by atoms with Crippen LogP contribution in [0.1, 0.15) is 26.7 Å². The molecule has 0 saturated carbocycles. The predicted molar refractivity (Wildman–Crippen MR) is 77.3 cm³/mol. The van der Waals surface area contributed by atoms with Gasteiger partial charge in [0.1, 0.15) is 0 Å². The highest BCUT2D eigenvalue weighted by Crippen LogP contribution is 2.20. The van der Waals surface area contributed by atoms with E-state index in [-0.39, 0.29) is 6.03 Å². The SMILES string of the molecule is CCNC(C)C1CCN(CCN2CCNC2=O)CC1. The quantitative estimate of drug-likeness (QED) is 0.746. The Bertz CT molecular complexity index is 289. The van der Waals surface area contributed by atoms with E-state index in [0.29, 0.717) is 6.04 Å². The number of nitrogens with zero attached hydrogens (tertiary/aromatic N) is 2. The molecule has 0 spiro atoms. The Morgan fingerprint density at radius 1 is 1.32 bits per heavy atom. The zero-order valence-electron chi connectivity index (χ0n) is 12.3. The Morgan fingerprint density at radius 2 is 2.05 bits per heavy atom. The summed E-state index contributed by atoms with van der Waals surface area (Å²) >= 11 is 0. The number of carbonyl (C=O) groups excluding carboxylic acids is 1. The molecule has 2 aliphatic heterocycles. The summed E-state index contributed by atoms with van der Waals surface area (Å²) in [4.78, 5) is 15.9. The van der Waals surface area contributed by atoms with Crippen molar-refractivity contribution in [1.82, 2.24) is 20.4 Å². The van der Waals surface area contributed by atoms with Crippen LogP contribution in [0.3, 0.4) is 0 Å². The molecule has 2 N–H and O–H groups in total. The lowest BCUT2D eigenvalue weighted by Gasteiger charge is -2.35. The van der Waals surface area contributed by atoms with E-state index in [9.17, 15) is 4.79 Å². The summed E-state index contributed by atoms with van der Waals surface area (Å²) in [5, 5.41) is 6.39. The minimum absolute atomic E-state index is 0.107. The molecule has 1 atom stereocenters. The molecule has 0 radical (unpaired) electrons. The lowest BCUT2D eigenvalue weighted by atomic mass is 9.90. The molecule has 2 saturated heterocycles. The molecule has 1 unspecified atom stereocenters. The second-order valence-electron chi connectivity index (χ2n) is 5.74. The second kappa shape index (κ2) is 7.10. The number of nitrogens with one attached hydrogen (secondary N) is 2. The Balaban J connectivity index is 1.64. The summed E-state index contributed by atoms with van der Waals surface area (Å²) < 4.78 is 0. The van der Waals surface area contributed by atoms with Crippen molar-refractivity contribution in [2.24, 2.45) is 5.92 Å². The van der Waals surface area contributed by atoms with Crippen LogP contribution in [0.5, 0.6) is 0 Å². The number of carbonyl (C=O) groups is 1. The summed E-state index contributed by atoms with van der Waals surface area (Å²) in [6.07, 6.45) is 2.56. The average Bonchev–Trinajstić information content (AvgIpc) is 2.83. The molecule has 110 valence electrons. The van der Waals surface area contributed by atoms with Crippen molar-refractivity contribution < 1.29 is 4.79 Å².